The summed E-state index contributed by atoms with van der Waals surface area (Å²) in [5.74, 6) is 0.573. The van der Waals surface area contributed by atoms with Gasteiger partial charge < -0.3 is 15.7 Å². The highest BCUT2D eigenvalue weighted by atomic mass is 32.1. The molecule has 0 aliphatic heterocycles. The van der Waals surface area contributed by atoms with Gasteiger partial charge in [0.05, 0.1) is 22.2 Å². The molecule has 3 aromatic rings. The van der Waals surface area contributed by atoms with Gasteiger partial charge in [0, 0.05) is 18.8 Å². The van der Waals surface area contributed by atoms with E-state index in [9.17, 15) is 18.3 Å². The van der Waals surface area contributed by atoms with E-state index >= 15 is 0 Å². The molecule has 160 valence electrons. The highest BCUT2D eigenvalue weighted by Gasteiger charge is 2.29. The van der Waals surface area contributed by atoms with Crippen LogP contribution >= 0.6 is 11.3 Å². The highest BCUT2D eigenvalue weighted by Crippen LogP contribution is 2.37. The zero-order valence-corrected chi connectivity index (χ0v) is 17.0. The van der Waals surface area contributed by atoms with Gasteiger partial charge in [0.2, 0.25) is 5.95 Å². The van der Waals surface area contributed by atoms with E-state index in [1.165, 1.54) is 11.3 Å². The number of thiazole rings is 1. The largest absolute Gasteiger partial charge is 0.405 e. The Balaban J connectivity index is 1.71. The molecule has 1 fully saturated rings. The van der Waals surface area contributed by atoms with E-state index in [-0.39, 0.29) is 24.5 Å². The lowest BCUT2D eigenvalue weighted by atomic mass is 10.1. The van der Waals surface area contributed by atoms with Crippen molar-refractivity contribution < 1.29 is 18.3 Å². The first kappa shape index (κ1) is 20.7. The Bertz CT molecular complexity index is 1010. The van der Waals surface area contributed by atoms with E-state index in [1.807, 2.05) is 6.07 Å². The molecule has 1 aliphatic rings. The summed E-state index contributed by atoms with van der Waals surface area (Å²) in [5, 5.41) is 15.7. The lowest BCUT2D eigenvalue weighted by Crippen LogP contribution is -2.24. The SMILES string of the molecule is Cc1nc(NCC(F)(F)F)nc(N[C@H]2CC[C@@H](CO)C2)c1-c1nc2cnccc2s1. The molecule has 0 radical (unpaired) electrons. The number of pyridine rings is 1. The average molecular weight is 438 g/mol. The monoisotopic (exact) mass is 438 g/mol. The second kappa shape index (κ2) is 8.31. The quantitative estimate of drug-likeness (QED) is 0.535. The number of aliphatic hydroxyl groups is 1. The van der Waals surface area contributed by atoms with Gasteiger partial charge in [0.1, 0.15) is 22.9 Å². The van der Waals surface area contributed by atoms with E-state index in [2.05, 4.69) is 30.6 Å². The molecular formula is C19H21F3N6OS. The Morgan fingerprint density at radius 1 is 1.23 bits per heavy atom. The van der Waals surface area contributed by atoms with Crippen molar-refractivity contribution in [3.05, 3.63) is 24.2 Å². The first-order chi connectivity index (χ1) is 14.3. The molecule has 0 aromatic carbocycles. The fourth-order valence-electron chi connectivity index (χ4n) is 3.64. The molecule has 1 saturated carbocycles. The molecule has 4 rings (SSSR count). The molecule has 3 heterocycles. The summed E-state index contributed by atoms with van der Waals surface area (Å²) in [7, 11) is 0. The van der Waals surface area contributed by atoms with Crippen LogP contribution in [0.1, 0.15) is 25.0 Å². The number of aryl methyl sites for hydroxylation is 1. The van der Waals surface area contributed by atoms with Crippen molar-refractivity contribution in [2.75, 3.05) is 23.8 Å². The topological polar surface area (TPSA) is 95.9 Å². The van der Waals surface area contributed by atoms with Crippen LogP contribution in [0.15, 0.2) is 18.5 Å². The van der Waals surface area contributed by atoms with E-state index in [0.717, 1.165) is 29.5 Å². The first-order valence-corrected chi connectivity index (χ1v) is 10.4. The third-order valence-electron chi connectivity index (χ3n) is 5.08. The number of rotatable bonds is 6. The van der Waals surface area contributed by atoms with Gasteiger partial charge in [-0.25, -0.2) is 9.97 Å². The van der Waals surface area contributed by atoms with Crippen LogP contribution < -0.4 is 10.6 Å². The number of anilines is 2. The summed E-state index contributed by atoms with van der Waals surface area (Å²) >= 11 is 1.45. The predicted molar refractivity (Wildman–Crippen MR) is 110 cm³/mol. The molecule has 0 saturated heterocycles. The van der Waals surface area contributed by atoms with Gasteiger partial charge in [-0.2, -0.15) is 18.2 Å². The first-order valence-electron chi connectivity index (χ1n) is 9.60. The van der Waals surface area contributed by atoms with Gasteiger partial charge in [-0.3, -0.25) is 4.98 Å². The Hall–Kier alpha value is -2.53. The molecule has 30 heavy (non-hydrogen) atoms. The summed E-state index contributed by atoms with van der Waals surface area (Å²) in [6.07, 6.45) is 1.49. The van der Waals surface area contributed by atoms with Gasteiger partial charge in [0.25, 0.3) is 0 Å². The van der Waals surface area contributed by atoms with E-state index < -0.39 is 12.7 Å². The second-order valence-electron chi connectivity index (χ2n) is 7.39. The Labute approximate surface area is 174 Å². The van der Waals surface area contributed by atoms with E-state index in [1.54, 1.807) is 19.3 Å². The molecule has 7 nitrogen and oxygen atoms in total. The number of nitrogens with one attached hydrogen (secondary N) is 2. The maximum absolute atomic E-state index is 12.6. The number of aromatic nitrogens is 4. The van der Waals surface area contributed by atoms with Crippen LogP contribution in [-0.2, 0) is 0 Å². The van der Waals surface area contributed by atoms with Crippen LogP contribution in [0.5, 0.6) is 0 Å². The number of aliphatic hydroxyl groups excluding tert-OH is 1. The summed E-state index contributed by atoms with van der Waals surface area (Å²) in [6.45, 7) is 0.640. The Morgan fingerprint density at radius 2 is 2.07 bits per heavy atom. The zero-order chi connectivity index (χ0) is 21.3. The van der Waals surface area contributed by atoms with E-state index in [0.29, 0.717) is 22.1 Å². The molecule has 1 aliphatic carbocycles. The third-order valence-corrected chi connectivity index (χ3v) is 6.13. The standard InChI is InChI=1S/C19H21F3N6OS/c1-10-15(17-27-13-7-23-5-4-14(13)30-17)16(26-12-3-2-11(6-12)8-29)28-18(25-10)24-9-19(20,21)22/h4-5,7,11-12,29H,2-3,6,8-9H2,1H3,(H2,24,25,26,28)/t11-,12+/m1/s1. The maximum Gasteiger partial charge on any atom is 0.405 e. The van der Waals surface area contributed by atoms with Crippen LogP contribution in [-0.4, -0.2) is 50.4 Å². The van der Waals surface area contributed by atoms with Gasteiger partial charge in [-0.15, -0.1) is 11.3 Å². The third kappa shape index (κ3) is 4.62. The fourth-order valence-corrected chi connectivity index (χ4v) is 4.67. The number of halogens is 3. The molecule has 0 bridgehead atoms. The van der Waals surface area contributed by atoms with Crippen LogP contribution in [0.4, 0.5) is 24.9 Å². The number of hydrogen-bond donors (Lipinski definition) is 3. The molecular weight excluding hydrogens is 417 g/mol. The smallest absolute Gasteiger partial charge is 0.396 e. The van der Waals surface area contributed by atoms with Crippen molar-refractivity contribution in [2.45, 2.75) is 38.4 Å². The van der Waals surface area contributed by atoms with Crippen molar-refractivity contribution in [2.24, 2.45) is 5.92 Å². The van der Waals surface area contributed by atoms with Gasteiger partial charge >= 0.3 is 6.18 Å². The van der Waals surface area contributed by atoms with Crippen molar-refractivity contribution in [1.82, 2.24) is 19.9 Å². The van der Waals surface area contributed by atoms with E-state index in [4.69, 9.17) is 0 Å². The van der Waals surface area contributed by atoms with Gasteiger partial charge in [-0.1, -0.05) is 0 Å². The zero-order valence-electron chi connectivity index (χ0n) is 16.2. The van der Waals surface area contributed by atoms with Gasteiger partial charge in [-0.05, 0) is 38.2 Å². The molecule has 0 amide bonds. The Morgan fingerprint density at radius 3 is 2.77 bits per heavy atom. The molecule has 3 N–H and O–H groups in total. The van der Waals surface area contributed by atoms with Crippen LogP contribution in [0, 0.1) is 12.8 Å². The number of alkyl halides is 3. The lowest BCUT2D eigenvalue weighted by Gasteiger charge is -2.18. The highest BCUT2D eigenvalue weighted by molar-refractivity contribution is 7.21. The summed E-state index contributed by atoms with van der Waals surface area (Å²) in [6, 6.07) is 1.93. The summed E-state index contributed by atoms with van der Waals surface area (Å²) < 4.78 is 38.9. The van der Waals surface area contributed by atoms with Crippen LogP contribution in [0.25, 0.3) is 20.8 Å². The van der Waals surface area contributed by atoms with Crippen molar-refractivity contribution in [3.8, 4) is 10.6 Å². The summed E-state index contributed by atoms with van der Waals surface area (Å²) in [5.41, 5.74) is 1.94. The number of fused-ring (bicyclic) bond motifs is 1. The van der Waals surface area contributed by atoms with Crippen molar-refractivity contribution >= 4 is 33.3 Å². The number of nitrogens with zero attached hydrogens (tertiary/aromatic N) is 4. The molecule has 0 unspecified atom stereocenters. The molecule has 3 aromatic heterocycles. The predicted octanol–water partition coefficient (Wildman–Crippen LogP) is 4.00. The minimum atomic E-state index is -4.37. The van der Waals surface area contributed by atoms with Crippen molar-refractivity contribution in [1.29, 1.82) is 0 Å². The Kier molecular flexibility index (Phi) is 5.74. The maximum atomic E-state index is 12.6. The molecule has 11 heteroatoms. The minimum Gasteiger partial charge on any atom is -0.396 e. The second-order valence-corrected chi connectivity index (χ2v) is 8.42. The molecule has 2 atom stereocenters. The summed E-state index contributed by atoms with van der Waals surface area (Å²) in [4.78, 5) is 17.3. The normalized spacial score (nSPS) is 19.4. The lowest BCUT2D eigenvalue weighted by molar-refractivity contribution is -0.115. The fraction of sp³-hybridized carbons (Fsp3) is 0.474. The molecule has 0 spiro atoms. The van der Waals surface area contributed by atoms with Crippen molar-refractivity contribution in [3.63, 3.8) is 0 Å². The van der Waals surface area contributed by atoms with Crippen LogP contribution in [0.3, 0.4) is 0 Å². The van der Waals surface area contributed by atoms with Gasteiger partial charge in [0.15, 0.2) is 0 Å². The minimum absolute atomic E-state index is 0.0710. The average Bonchev–Trinajstić information content (AvgIpc) is 3.32. The van der Waals surface area contributed by atoms with Crippen LogP contribution in [0.2, 0.25) is 0 Å². The number of hydrogen-bond acceptors (Lipinski definition) is 8.